The fourth-order valence-corrected chi connectivity index (χ4v) is 1.50. The van der Waals surface area contributed by atoms with Gasteiger partial charge < -0.3 is 15.2 Å². The molecule has 1 aromatic heterocycles. The van der Waals surface area contributed by atoms with Crippen LogP contribution in [0.15, 0.2) is 15.6 Å². The Balaban J connectivity index is 0.00000128. The molecule has 0 saturated carbocycles. The molecular weight excluding hydrogens is 319 g/mol. The van der Waals surface area contributed by atoms with Gasteiger partial charge in [0.2, 0.25) is 0 Å². The summed E-state index contributed by atoms with van der Waals surface area (Å²) >= 11 is 0. The average Bonchev–Trinajstić information content (AvgIpc) is 2.62. The largest absolute Gasteiger partial charge is 0.361 e. The Hall–Kier alpha value is -0.790. The molecule has 5 nitrogen and oxygen atoms in total. The van der Waals surface area contributed by atoms with Gasteiger partial charge in [-0.25, -0.2) is 0 Å². The molecule has 6 heteroatoms. The van der Waals surface area contributed by atoms with E-state index < -0.39 is 0 Å². The molecule has 2 heterocycles. The quantitative estimate of drug-likeness (QED) is 0.802. The number of halogens is 1. The number of guanidine groups is 1. The first-order chi connectivity index (χ1) is 7.24. The van der Waals surface area contributed by atoms with E-state index in [0.29, 0.717) is 12.6 Å². The first kappa shape index (κ1) is 13.3. The Kier molecular flexibility index (Phi) is 5.04. The minimum Gasteiger partial charge on any atom is -0.361 e. The van der Waals surface area contributed by atoms with E-state index in [1.807, 2.05) is 13.0 Å². The van der Waals surface area contributed by atoms with Gasteiger partial charge in [-0.15, -0.1) is 24.0 Å². The molecule has 0 aliphatic carbocycles. The van der Waals surface area contributed by atoms with Crippen molar-refractivity contribution in [2.45, 2.75) is 32.9 Å². The van der Waals surface area contributed by atoms with Gasteiger partial charge in [0.15, 0.2) is 5.96 Å². The van der Waals surface area contributed by atoms with Crippen LogP contribution >= 0.6 is 24.0 Å². The van der Waals surface area contributed by atoms with Crippen LogP contribution in [-0.4, -0.2) is 23.7 Å². The number of aryl methyl sites for hydroxylation is 1. The minimum absolute atomic E-state index is 0. The van der Waals surface area contributed by atoms with Gasteiger partial charge in [0.05, 0.1) is 6.54 Å². The van der Waals surface area contributed by atoms with E-state index in [9.17, 15) is 0 Å². The molecule has 0 amide bonds. The second-order valence-electron chi connectivity index (χ2n) is 3.85. The number of rotatable bonds is 2. The van der Waals surface area contributed by atoms with E-state index in [-0.39, 0.29) is 24.0 Å². The first-order valence-corrected chi connectivity index (χ1v) is 5.21. The van der Waals surface area contributed by atoms with Crippen LogP contribution in [0.2, 0.25) is 0 Å². The topological polar surface area (TPSA) is 62.5 Å². The molecule has 1 aliphatic rings. The van der Waals surface area contributed by atoms with Crippen molar-refractivity contribution in [2.75, 3.05) is 6.54 Å². The lowest BCUT2D eigenvalue weighted by atomic mass is 10.2. The Bertz CT molecular complexity index is 363. The molecule has 0 spiro atoms. The number of aromatic nitrogens is 1. The van der Waals surface area contributed by atoms with Crippen LogP contribution < -0.4 is 10.6 Å². The Morgan fingerprint density at radius 3 is 3.06 bits per heavy atom. The van der Waals surface area contributed by atoms with Gasteiger partial charge >= 0.3 is 0 Å². The number of hydrogen-bond acceptors (Lipinski definition) is 5. The molecule has 0 radical (unpaired) electrons. The fraction of sp³-hybridized carbons (Fsp3) is 0.600. The lowest BCUT2D eigenvalue weighted by Gasteiger charge is -2.21. The maximum Gasteiger partial charge on any atom is 0.191 e. The second kappa shape index (κ2) is 6.07. The zero-order valence-corrected chi connectivity index (χ0v) is 11.8. The number of aliphatic imine (C=N–C) groups is 1. The summed E-state index contributed by atoms with van der Waals surface area (Å²) in [5.41, 5.74) is 0.898. The monoisotopic (exact) mass is 336 g/mol. The minimum atomic E-state index is 0. The Morgan fingerprint density at radius 1 is 1.62 bits per heavy atom. The highest BCUT2D eigenvalue weighted by Crippen LogP contribution is 2.01. The highest BCUT2D eigenvalue weighted by molar-refractivity contribution is 14.0. The summed E-state index contributed by atoms with van der Waals surface area (Å²) in [4.78, 5) is 4.34. The van der Waals surface area contributed by atoms with Gasteiger partial charge in [-0.2, -0.15) is 0 Å². The summed E-state index contributed by atoms with van der Waals surface area (Å²) in [5, 5.41) is 10.4. The normalized spacial score (nSPS) is 19.4. The molecular formula is C10H17IN4O. The average molecular weight is 336 g/mol. The molecule has 2 rings (SSSR count). The van der Waals surface area contributed by atoms with Gasteiger partial charge in [-0.3, -0.25) is 4.99 Å². The van der Waals surface area contributed by atoms with Crippen molar-refractivity contribution in [1.82, 2.24) is 15.8 Å². The summed E-state index contributed by atoms with van der Waals surface area (Å²) < 4.78 is 4.98. The van der Waals surface area contributed by atoms with Crippen LogP contribution in [0.5, 0.6) is 0 Å². The van der Waals surface area contributed by atoms with Crippen molar-refractivity contribution in [2.24, 2.45) is 4.99 Å². The zero-order chi connectivity index (χ0) is 10.7. The Morgan fingerprint density at radius 2 is 2.44 bits per heavy atom. The Labute approximate surface area is 112 Å². The highest BCUT2D eigenvalue weighted by Gasteiger charge is 2.10. The van der Waals surface area contributed by atoms with Gasteiger partial charge in [0.25, 0.3) is 0 Å². The molecule has 1 atom stereocenters. The van der Waals surface area contributed by atoms with Crippen molar-refractivity contribution in [3.63, 3.8) is 0 Å². The molecule has 90 valence electrons. The van der Waals surface area contributed by atoms with Crippen molar-refractivity contribution in [3.8, 4) is 0 Å². The zero-order valence-electron chi connectivity index (χ0n) is 9.49. The lowest BCUT2D eigenvalue weighted by molar-refractivity contribution is 0.389. The van der Waals surface area contributed by atoms with Crippen molar-refractivity contribution >= 4 is 29.9 Å². The fourth-order valence-electron chi connectivity index (χ4n) is 1.50. The summed E-state index contributed by atoms with van der Waals surface area (Å²) in [6.07, 6.45) is 1.09. The third kappa shape index (κ3) is 3.66. The first-order valence-electron chi connectivity index (χ1n) is 5.21. The summed E-state index contributed by atoms with van der Waals surface area (Å²) in [7, 11) is 0. The SMILES string of the molecule is Cc1cc(CNC2=NCCC(C)N2)no1.I. The van der Waals surface area contributed by atoms with E-state index in [1.54, 1.807) is 0 Å². The maximum absolute atomic E-state index is 4.98. The van der Waals surface area contributed by atoms with Crippen molar-refractivity contribution in [1.29, 1.82) is 0 Å². The van der Waals surface area contributed by atoms with Crippen LogP contribution in [0.1, 0.15) is 24.8 Å². The van der Waals surface area contributed by atoms with Crippen molar-refractivity contribution < 1.29 is 4.52 Å². The number of nitrogens with zero attached hydrogens (tertiary/aromatic N) is 2. The smallest absolute Gasteiger partial charge is 0.191 e. The maximum atomic E-state index is 4.98. The van der Waals surface area contributed by atoms with E-state index in [0.717, 1.165) is 30.4 Å². The van der Waals surface area contributed by atoms with E-state index in [1.165, 1.54) is 0 Å². The summed E-state index contributed by atoms with van der Waals surface area (Å²) in [6, 6.07) is 2.41. The molecule has 1 aliphatic heterocycles. The van der Waals surface area contributed by atoms with Gasteiger partial charge in [-0.1, -0.05) is 5.16 Å². The third-order valence-corrected chi connectivity index (χ3v) is 2.33. The highest BCUT2D eigenvalue weighted by atomic mass is 127. The standard InChI is InChI=1S/C10H16N4O.HI/c1-7-3-4-11-10(13-7)12-6-9-5-8(2)15-14-9;/h5,7H,3-4,6H2,1-2H3,(H2,11,12,13);1H. The summed E-state index contributed by atoms with van der Waals surface area (Å²) in [5.74, 6) is 1.69. The third-order valence-electron chi connectivity index (χ3n) is 2.33. The number of hydrogen-bond donors (Lipinski definition) is 2. The van der Waals surface area contributed by atoms with E-state index in [4.69, 9.17) is 4.52 Å². The lowest BCUT2D eigenvalue weighted by Crippen LogP contribution is -2.45. The van der Waals surface area contributed by atoms with Crippen LogP contribution in [0, 0.1) is 6.92 Å². The summed E-state index contributed by atoms with van der Waals surface area (Å²) in [6.45, 7) is 5.57. The molecule has 0 aromatic carbocycles. The van der Waals surface area contributed by atoms with Gasteiger partial charge in [0, 0.05) is 18.7 Å². The molecule has 0 fully saturated rings. The predicted molar refractivity (Wildman–Crippen MR) is 73.0 cm³/mol. The number of nitrogens with one attached hydrogen (secondary N) is 2. The van der Waals surface area contributed by atoms with Crippen LogP contribution in [0.3, 0.4) is 0 Å². The molecule has 0 saturated heterocycles. The van der Waals surface area contributed by atoms with Gasteiger partial charge in [-0.05, 0) is 20.3 Å². The van der Waals surface area contributed by atoms with Crippen molar-refractivity contribution in [3.05, 3.63) is 17.5 Å². The molecule has 1 aromatic rings. The second-order valence-corrected chi connectivity index (χ2v) is 3.85. The molecule has 16 heavy (non-hydrogen) atoms. The molecule has 1 unspecified atom stereocenters. The van der Waals surface area contributed by atoms with Crippen LogP contribution in [0.4, 0.5) is 0 Å². The molecule has 2 N–H and O–H groups in total. The van der Waals surface area contributed by atoms with Crippen LogP contribution in [0.25, 0.3) is 0 Å². The van der Waals surface area contributed by atoms with E-state index >= 15 is 0 Å². The molecule has 0 bridgehead atoms. The predicted octanol–water partition coefficient (Wildman–Crippen LogP) is 1.43. The van der Waals surface area contributed by atoms with Crippen LogP contribution in [-0.2, 0) is 6.54 Å². The van der Waals surface area contributed by atoms with E-state index in [2.05, 4.69) is 27.7 Å². The van der Waals surface area contributed by atoms with Gasteiger partial charge in [0.1, 0.15) is 11.5 Å².